The third kappa shape index (κ3) is 6.38. The largest absolute Gasteiger partial charge is 0.376 e. The van der Waals surface area contributed by atoms with Crippen LogP contribution in [0.25, 0.3) is 0 Å². The first-order chi connectivity index (χ1) is 11.0. The van der Waals surface area contributed by atoms with Crippen molar-refractivity contribution in [3.8, 4) is 0 Å². The molecule has 0 atom stereocenters. The minimum absolute atomic E-state index is 0.0404. The van der Waals surface area contributed by atoms with Gasteiger partial charge in [-0.3, -0.25) is 9.59 Å². The monoisotopic (exact) mass is 315 g/mol. The molecule has 1 aromatic rings. The van der Waals surface area contributed by atoms with E-state index in [-0.39, 0.29) is 24.3 Å². The summed E-state index contributed by atoms with van der Waals surface area (Å²) in [5.41, 5.74) is 1.48. The van der Waals surface area contributed by atoms with Gasteiger partial charge in [0.1, 0.15) is 0 Å². The van der Waals surface area contributed by atoms with Crippen molar-refractivity contribution in [1.82, 2.24) is 4.90 Å². The van der Waals surface area contributed by atoms with Crippen LogP contribution in [-0.4, -0.2) is 36.3 Å². The SMILES string of the molecule is C=CCN(CC=C)C(=O)CNc1cccc(NC(=O)C(C)C)c1. The summed E-state index contributed by atoms with van der Waals surface area (Å²) in [7, 11) is 0. The number of nitrogens with one attached hydrogen (secondary N) is 2. The van der Waals surface area contributed by atoms with Crippen LogP contribution < -0.4 is 10.6 Å². The first-order valence-electron chi connectivity index (χ1n) is 7.62. The molecule has 0 aliphatic rings. The molecule has 23 heavy (non-hydrogen) atoms. The van der Waals surface area contributed by atoms with Gasteiger partial charge < -0.3 is 15.5 Å². The fourth-order valence-corrected chi connectivity index (χ4v) is 1.87. The van der Waals surface area contributed by atoms with Crippen molar-refractivity contribution in [2.24, 2.45) is 5.92 Å². The Hall–Kier alpha value is -2.56. The summed E-state index contributed by atoms with van der Waals surface area (Å²) in [5, 5.41) is 5.91. The smallest absolute Gasteiger partial charge is 0.242 e. The summed E-state index contributed by atoms with van der Waals surface area (Å²) < 4.78 is 0. The lowest BCUT2D eigenvalue weighted by atomic mass is 10.2. The zero-order valence-corrected chi connectivity index (χ0v) is 13.8. The van der Waals surface area contributed by atoms with Crippen molar-refractivity contribution in [2.45, 2.75) is 13.8 Å². The average Bonchev–Trinajstić information content (AvgIpc) is 2.52. The highest BCUT2D eigenvalue weighted by molar-refractivity contribution is 5.92. The second kappa shape index (κ2) is 9.46. The molecular formula is C18H25N3O2. The standard InChI is InChI=1S/C18H25N3O2/c1-5-10-21(11-6-2)17(22)13-19-15-8-7-9-16(12-15)20-18(23)14(3)4/h5-9,12,14,19H,1-2,10-11,13H2,3-4H3,(H,20,23). The van der Waals surface area contributed by atoms with Crippen LogP contribution in [0.2, 0.25) is 0 Å². The van der Waals surface area contributed by atoms with E-state index >= 15 is 0 Å². The first kappa shape index (κ1) is 18.5. The van der Waals surface area contributed by atoms with Crippen molar-refractivity contribution in [3.05, 3.63) is 49.6 Å². The van der Waals surface area contributed by atoms with Crippen molar-refractivity contribution >= 4 is 23.2 Å². The van der Waals surface area contributed by atoms with Gasteiger partial charge in [0.2, 0.25) is 11.8 Å². The van der Waals surface area contributed by atoms with Crippen LogP contribution in [0.1, 0.15) is 13.8 Å². The molecular weight excluding hydrogens is 290 g/mol. The Labute approximate surface area is 138 Å². The molecule has 0 bridgehead atoms. The van der Waals surface area contributed by atoms with Gasteiger partial charge in [0.15, 0.2) is 0 Å². The number of hydrogen-bond donors (Lipinski definition) is 2. The molecule has 0 heterocycles. The molecule has 0 aliphatic carbocycles. The molecule has 5 nitrogen and oxygen atoms in total. The van der Waals surface area contributed by atoms with Crippen LogP contribution in [0.4, 0.5) is 11.4 Å². The fourth-order valence-electron chi connectivity index (χ4n) is 1.87. The third-order valence-corrected chi connectivity index (χ3v) is 3.15. The highest BCUT2D eigenvalue weighted by Gasteiger charge is 2.11. The van der Waals surface area contributed by atoms with E-state index in [0.717, 1.165) is 5.69 Å². The predicted molar refractivity (Wildman–Crippen MR) is 95.4 cm³/mol. The van der Waals surface area contributed by atoms with Gasteiger partial charge in [0.25, 0.3) is 0 Å². The number of nitrogens with zero attached hydrogens (tertiary/aromatic N) is 1. The maximum Gasteiger partial charge on any atom is 0.242 e. The Morgan fingerprint density at radius 1 is 1.17 bits per heavy atom. The van der Waals surface area contributed by atoms with Gasteiger partial charge in [-0.05, 0) is 18.2 Å². The fraction of sp³-hybridized carbons (Fsp3) is 0.333. The molecule has 0 saturated carbocycles. The van der Waals surface area contributed by atoms with Gasteiger partial charge in [0.05, 0.1) is 6.54 Å². The minimum atomic E-state index is -0.0837. The van der Waals surface area contributed by atoms with Gasteiger partial charge >= 0.3 is 0 Å². The van der Waals surface area contributed by atoms with E-state index in [0.29, 0.717) is 18.8 Å². The second-order valence-corrected chi connectivity index (χ2v) is 5.45. The molecule has 0 saturated heterocycles. The highest BCUT2D eigenvalue weighted by atomic mass is 16.2. The topological polar surface area (TPSA) is 61.4 Å². The van der Waals surface area contributed by atoms with Gasteiger partial charge in [-0.15, -0.1) is 13.2 Å². The van der Waals surface area contributed by atoms with Crippen molar-refractivity contribution in [2.75, 3.05) is 30.3 Å². The van der Waals surface area contributed by atoms with Crippen LogP contribution in [-0.2, 0) is 9.59 Å². The van der Waals surface area contributed by atoms with E-state index in [9.17, 15) is 9.59 Å². The first-order valence-corrected chi connectivity index (χ1v) is 7.62. The Balaban J connectivity index is 2.63. The molecule has 0 radical (unpaired) electrons. The van der Waals surface area contributed by atoms with Gasteiger partial charge in [0, 0.05) is 30.4 Å². The Morgan fingerprint density at radius 2 is 1.78 bits per heavy atom. The molecule has 0 unspecified atom stereocenters. The van der Waals surface area contributed by atoms with E-state index in [1.807, 2.05) is 32.0 Å². The van der Waals surface area contributed by atoms with E-state index in [1.54, 1.807) is 23.1 Å². The molecule has 0 aromatic heterocycles. The van der Waals surface area contributed by atoms with E-state index in [2.05, 4.69) is 23.8 Å². The number of rotatable bonds is 9. The number of carbonyl (C=O) groups excluding carboxylic acids is 2. The Bertz CT molecular complexity index is 557. The summed E-state index contributed by atoms with van der Waals surface area (Å²) >= 11 is 0. The zero-order chi connectivity index (χ0) is 17.2. The van der Waals surface area contributed by atoms with Gasteiger partial charge in [-0.25, -0.2) is 0 Å². The zero-order valence-electron chi connectivity index (χ0n) is 13.8. The maximum absolute atomic E-state index is 12.1. The normalized spacial score (nSPS) is 10.0. The van der Waals surface area contributed by atoms with E-state index in [1.165, 1.54) is 0 Å². The van der Waals surface area contributed by atoms with Crippen LogP contribution in [0, 0.1) is 5.92 Å². The molecule has 124 valence electrons. The van der Waals surface area contributed by atoms with E-state index in [4.69, 9.17) is 0 Å². The lowest BCUT2D eigenvalue weighted by molar-refractivity contribution is -0.128. The molecule has 0 aliphatic heterocycles. The molecule has 0 spiro atoms. The number of amides is 2. The average molecular weight is 315 g/mol. The van der Waals surface area contributed by atoms with Crippen LogP contribution >= 0.6 is 0 Å². The molecule has 2 N–H and O–H groups in total. The Morgan fingerprint density at radius 3 is 2.35 bits per heavy atom. The summed E-state index contributed by atoms with van der Waals surface area (Å²) in [5.74, 6) is -0.164. The van der Waals surface area contributed by atoms with Crippen molar-refractivity contribution in [3.63, 3.8) is 0 Å². The van der Waals surface area contributed by atoms with Gasteiger partial charge in [-0.1, -0.05) is 32.1 Å². The van der Waals surface area contributed by atoms with Gasteiger partial charge in [-0.2, -0.15) is 0 Å². The minimum Gasteiger partial charge on any atom is -0.376 e. The van der Waals surface area contributed by atoms with Crippen LogP contribution in [0.15, 0.2) is 49.6 Å². The summed E-state index contributed by atoms with van der Waals surface area (Å²) in [6.07, 6.45) is 3.37. The molecule has 1 rings (SSSR count). The second-order valence-electron chi connectivity index (χ2n) is 5.45. The molecule has 0 fully saturated rings. The lowest BCUT2D eigenvalue weighted by Crippen LogP contribution is -2.35. The van der Waals surface area contributed by atoms with Crippen molar-refractivity contribution in [1.29, 1.82) is 0 Å². The summed E-state index contributed by atoms with van der Waals surface area (Å²) in [6, 6.07) is 7.30. The lowest BCUT2D eigenvalue weighted by Gasteiger charge is -2.20. The van der Waals surface area contributed by atoms with E-state index < -0.39 is 0 Å². The number of benzene rings is 1. The van der Waals surface area contributed by atoms with Crippen LogP contribution in [0.5, 0.6) is 0 Å². The number of hydrogen-bond acceptors (Lipinski definition) is 3. The third-order valence-electron chi connectivity index (χ3n) is 3.15. The number of anilines is 2. The number of carbonyl (C=O) groups is 2. The molecule has 5 heteroatoms. The highest BCUT2D eigenvalue weighted by Crippen LogP contribution is 2.15. The summed E-state index contributed by atoms with van der Waals surface area (Å²) in [6.45, 7) is 12.1. The Kier molecular flexibility index (Phi) is 7.60. The van der Waals surface area contributed by atoms with Crippen molar-refractivity contribution < 1.29 is 9.59 Å². The summed E-state index contributed by atoms with van der Waals surface area (Å²) in [4.78, 5) is 25.5. The molecule has 1 aromatic carbocycles. The quantitative estimate of drug-likeness (QED) is 0.689. The van der Waals surface area contributed by atoms with Crippen LogP contribution in [0.3, 0.4) is 0 Å². The molecule has 2 amide bonds. The predicted octanol–water partition coefficient (Wildman–Crippen LogP) is 2.89. The maximum atomic E-state index is 12.1.